The van der Waals surface area contributed by atoms with E-state index in [-0.39, 0.29) is 12.4 Å². The summed E-state index contributed by atoms with van der Waals surface area (Å²) in [7, 11) is 1.28. The van der Waals surface area contributed by atoms with Crippen LogP contribution in [0.15, 0.2) is 24.3 Å². The number of ether oxygens (including phenoxy) is 2. The first-order valence-corrected chi connectivity index (χ1v) is 4.52. The first-order valence-electron chi connectivity index (χ1n) is 4.52. The van der Waals surface area contributed by atoms with Gasteiger partial charge in [0.25, 0.3) is 0 Å². The van der Waals surface area contributed by atoms with E-state index in [4.69, 9.17) is 15.9 Å². The van der Waals surface area contributed by atoms with Gasteiger partial charge in [-0.25, -0.2) is 4.79 Å². The Morgan fingerprint density at radius 2 is 2.31 bits per heavy atom. The highest BCUT2D eigenvalue weighted by Crippen LogP contribution is 2.17. The van der Waals surface area contributed by atoms with Gasteiger partial charge in [0.2, 0.25) is 0 Å². The fraction of sp³-hybridized carbons (Fsp3) is 0.200. The van der Waals surface area contributed by atoms with Crippen molar-refractivity contribution in [1.82, 2.24) is 0 Å². The molecule has 1 aromatic carbocycles. The molecule has 6 nitrogen and oxygen atoms in total. The van der Waals surface area contributed by atoms with Crippen LogP contribution in [0.2, 0.25) is 0 Å². The van der Waals surface area contributed by atoms with Gasteiger partial charge in [-0.15, -0.1) is 0 Å². The third kappa shape index (κ3) is 3.87. The summed E-state index contributed by atoms with van der Waals surface area (Å²) in [5.74, 6) is 0.454. The van der Waals surface area contributed by atoms with E-state index in [9.17, 15) is 4.79 Å². The molecule has 0 radical (unpaired) electrons. The van der Waals surface area contributed by atoms with E-state index in [1.807, 2.05) is 0 Å². The average Bonchev–Trinajstić information content (AvgIpc) is 2.26. The number of hydrogen-bond donors (Lipinski definition) is 3. The van der Waals surface area contributed by atoms with Crippen LogP contribution in [0.1, 0.15) is 0 Å². The molecule has 0 spiro atoms. The average molecular weight is 223 g/mol. The number of amides is 1. The highest BCUT2D eigenvalue weighted by Gasteiger charge is 2.02. The molecule has 0 heterocycles. The van der Waals surface area contributed by atoms with Crippen molar-refractivity contribution in [2.45, 2.75) is 0 Å². The second kappa shape index (κ2) is 5.59. The molecule has 0 aliphatic carbocycles. The van der Waals surface area contributed by atoms with Gasteiger partial charge < -0.3 is 15.2 Å². The van der Waals surface area contributed by atoms with E-state index in [1.165, 1.54) is 7.11 Å². The molecule has 0 saturated carbocycles. The first kappa shape index (κ1) is 11.8. The molecular weight excluding hydrogens is 210 g/mol. The van der Waals surface area contributed by atoms with Crippen molar-refractivity contribution in [2.75, 3.05) is 19.0 Å². The molecule has 4 N–H and O–H groups in total. The lowest BCUT2D eigenvalue weighted by atomic mass is 10.3. The Labute approximate surface area is 92.9 Å². The second-order valence-electron chi connectivity index (χ2n) is 2.96. The number of anilines is 1. The van der Waals surface area contributed by atoms with Crippen LogP contribution in [0.3, 0.4) is 0 Å². The number of hydrogen-bond acceptors (Lipinski definition) is 4. The number of rotatable bonds is 4. The predicted octanol–water partition coefficient (Wildman–Crippen LogP) is 1.18. The second-order valence-corrected chi connectivity index (χ2v) is 2.96. The molecule has 1 amide bonds. The summed E-state index contributed by atoms with van der Waals surface area (Å²) in [6, 6.07) is 6.71. The van der Waals surface area contributed by atoms with Crippen LogP contribution in [0.25, 0.3) is 0 Å². The zero-order valence-electron chi connectivity index (χ0n) is 8.82. The van der Waals surface area contributed by atoms with Gasteiger partial charge >= 0.3 is 6.09 Å². The monoisotopic (exact) mass is 223 g/mol. The Morgan fingerprint density at radius 3 is 2.94 bits per heavy atom. The number of carbonyl (C=O) groups is 1. The van der Waals surface area contributed by atoms with Crippen LogP contribution in [-0.4, -0.2) is 25.6 Å². The van der Waals surface area contributed by atoms with Crippen LogP contribution in [-0.2, 0) is 4.74 Å². The highest BCUT2D eigenvalue weighted by atomic mass is 16.5. The van der Waals surface area contributed by atoms with Crippen molar-refractivity contribution in [3.05, 3.63) is 24.3 Å². The molecule has 0 saturated heterocycles. The molecule has 86 valence electrons. The molecule has 0 fully saturated rings. The van der Waals surface area contributed by atoms with Gasteiger partial charge in [-0.1, -0.05) is 6.07 Å². The Hall–Kier alpha value is -2.24. The van der Waals surface area contributed by atoms with E-state index in [0.29, 0.717) is 11.4 Å². The summed E-state index contributed by atoms with van der Waals surface area (Å²) >= 11 is 0. The lowest BCUT2D eigenvalue weighted by Gasteiger charge is -2.07. The van der Waals surface area contributed by atoms with Gasteiger partial charge in [-0.3, -0.25) is 10.7 Å². The summed E-state index contributed by atoms with van der Waals surface area (Å²) < 4.78 is 9.63. The smallest absolute Gasteiger partial charge is 0.411 e. The zero-order chi connectivity index (χ0) is 12.0. The number of methoxy groups -OCH3 is 1. The first-order chi connectivity index (χ1) is 7.61. The fourth-order valence-electron chi connectivity index (χ4n) is 0.994. The number of benzene rings is 1. The van der Waals surface area contributed by atoms with E-state index in [1.54, 1.807) is 24.3 Å². The maximum absolute atomic E-state index is 10.9. The molecule has 0 aliphatic heterocycles. The topological polar surface area (TPSA) is 97.4 Å². The molecule has 16 heavy (non-hydrogen) atoms. The van der Waals surface area contributed by atoms with Crippen LogP contribution >= 0.6 is 0 Å². The normalized spacial score (nSPS) is 9.31. The number of carbonyl (C=O) groups excluding carboxylic acids is 1. The number of nitrogens with two attached hydrogens (primary N) is 1. The zero-order valence-corrected chi connectivity index (χ0v) is 8.82. The van der Waals surface area contributed by atoms with Crippen molar-refractivity contribution in [2.24, 2.45) is 5.73 Å². The van der Waals surface area contributed by atoms with Gasteiger partial charge in [0.15, 0.2) is 0 Å². The third-order valence-corrected chi connectivity index (χ3v) is 1.66. The molecule has 1 aromatic rings. The molecule has 0 bridgehead atoms. The molecule has 0 aliphatic rings. The van der Waals surface area contributed by atoms with Gasteiger partial charge in [-0.2, -0.15) is 0 Å². The molecular formula is C10H13N3O3. The van der Waals surface area contributed by atoms with Crippen molar-refractivity contribution in [1.29, 1.82) is 5.41 Å². The van der Waals surface area contributed by atoms with Crippen LogP contribution in [0, 0.1) is 5.41 Å². The van der Waals surface area contributed by atoms with Crippen molar-refractivity contribution in [3.8, 4) is 5.75 Å². The van der Waals surface area contributed by atoms with Gasteiger partial charge in [0.05, 0.1) is 7.11 Å². The van der Waals surface area contributed by atoms with Gasteiger partial charge in [0.1, 0.15) is 18.2 Å². The lowest BCUT2D eigenvalue weighted by molar-refractivity contribution is 0.187. The Kier molecular flexibility index (Phi) is 4.14. The minimum atomic E-state index is -0.552. The van der Waals surface area contributed by atoms with Crippen molar-refractivity contribution < 1.29 is 14.3 Å². The summed E-state index contributed by atoms with van der Waals surface area (Å²) in [6.45, 7) is 0.0156. The standard InChI is InChI=1S/C10H13N3O3/c1-15-10(14)13-7-3-2-4-8(5-7)16-6-9(11)12/h2-5H,6H2,1H3,(H3,11,12)(H,13,14). The Bertz CT molecular complexity index is 393. The predicted molar refractivity (Wildman–Crippen MR) is 59.9 cm³/mol. The van der Waals surface area contributed by atoms with Gasteiger partial charge in [0, 0.05) is 11.8 Å². The van der Waals surface area contributed by atoms with Crippen molar-refractivity contribution in [3.63, 3.8) is 0 Å². The lowest BCUT2D eigenvalue weighted by Crippen LogP contribution is -2.19. The van der Waals surface area contributed by atoms with E-state index in [0.717, 1.165) is 0 Å². The SMILES string of the molecule is COC(=O)Nc1cccc(OCC(=N)N)c1. The van der Waals surface area contributed by atoms with Gasteiger partial charge in [-0.05, 0) is 12.1 Å². The molecule has 0 aromatic heterocycles. The van der Waals surface area contributed by atoms with Crippen LogP contribution in [0.4, 0.5) is 10.5 Å². The summed E-state index contributed by atoms with van der Waals surface area (Å²) in [6.07, 6.45) is -0.552. The van der Waals surface area contributed by atoms with Crippen molar-refractivity contribution >= 4 is 17.6 Å². The molecule has 0 unspecified atom stereocenters. The Morgan fingerprint density at radius 1 is 1.56 bits per heavy atom. The quantitative estimate of drug-likeness (QED) is 0.527. The third-order valence-electron chi connectivity index (χ3n) is 1.66. The Balaban J connectivity index is 2.63. The van der Waals surface area contributed by atoms with E-state index >= 15 is 0 Å². The summed E-state index contributed by atoms with van der Waals surface area (Å²) in [4.78, 5) is 10.9. The maximum atomic E-state index is 10.9. The number of nitrogens with one attached hydrogen (secondary N) is 2. The van der Waals surface area contributed by atoms with E-state index < -0.39 is 6.09 Å². The minimum absolute atomic E-state index is 0.0156. The largest absolute Gasteiger partial charge is 0.486 e. The van der Waals surface area contributed by atoms with Crippen LogP contribution in [0.5, 0.6) is 5.75 Å². The molecule has 1 rings (SSSR count). The summed E-state index contributed by atoms with van der Waals surface area (Å²) in [5.41, 5.74) is 5.70. The highest BCUT2D eigenvalue weighted by molar-refractivity contribution is 5.84. The summed E-state index contributed by atoms with van der Waals surface area (Å²) in [5, 5.41) is 9.50. The molecule has 6 heteroatoms. The van der Waals surface area contributed by atoms with E-state index in [2.05, 4.69) is 10.1 Å². The minimum Gasteiger partial charge on any atom is -0.486 e. The van der Waals surface area contributed by atoms with Crippen LogP contribution < -0.4 is 15.8 Å². The number of amidine groups is 1. The fourth-order valence-corrected chi connectivity index (χ4v) is 0.994. The molecule has 0 atom stereocenters. The maximum Gasteiger partial charge on any atom is 0.411 e.